The van der Waals surface area contributed by atoms with Crippen molar-refractivity contribution in [3.8, 4) is 6.07 Å². The van der Waals surface area contributed by atoms with Crippen LogP contribution in [0.5, 0.6) is 0 Å². The van der Waals surface area contributed by atoms with E-state index in [0.717, 1.165) is 5.56 Å². The Balaban J connectivity index is 2.44. The van der Waals surface area contributed by atoms with Crippen molar-refractivity contribution in [1.82, 2.24) is 10.6 Å². The minimum atomic E-state index is -4.42. The van der Waals surface area contributed by atoms with Crippen LogP contribution >= 0.6 is 0 Å². The molecule has 0 spiro atoms. The molecule has 0 radical (unpaired) electrons. The second-order valence-electron chi connectivity index (χ2n) is 4.25. The van der Waals surface area contributed by atoms with E-state index in [-0.39, 0.29) is 6.54 Å². The molecule has 0 aliphatic rings. The lowest BCUT2D eigenvalue weighted by Gasteiger charge is -2.15. The van der Waals surface area contributed by atoms with Crippen molar-refractivity contribution < 1.29 is 18.0 Å². The Bertz CT molecular complexity index is 508. The highest BCUT2D eigenvalue weighted by Gasteiger charge is 2.28. The van der Waals surface area contributed by atoms with Gasteiger partial charge in [0.15, 0.2) is 0 Å². The van der Waals surface area contributed by atoms with Gasteiger partial charge in [0, 0.05) is 6.54 Å². The van der Waals surface area contributed by atoms with E-state index in [1.54, 1.807) is 29.6 Å². The molecule has 0 saturated heterocycles. The van der Waals surface area contributed by atoms with Gasteiger partial charge in [-0.2, -0.15) is 18.4 Å². The molecule has 0 heterocycles. The predicted molar refractivity (Wildman–Crippen MR) is 66.5 cm³/mol. The number of nitrogens with one attached hydrogen (secondary N) is 2. The molecule has 108 valence electrons. The lowest BCUT2D eigenvalue weighted by molar-refractivity contribution is -0.139. The molecule has 1 rings (SSSR count). The highest BCUT2D eigenvalue weighted by molar-refractivity contribution is 5.81. The topological polar surface area (TPSA) is 64.9 Å². The van der Waals surface area contributed by atoms with Crippen molar-refractivity contribution in [2.75, 3.05) is 6.54 Å². The number of nitrogens with zero attached hydrogens (tertiary/aromatic N) is 1. The fourth-order valence-corrected chi connectivity index (χ4v) is 1.45. The van der Waals surface area contributed by atoms with Gasteiger partial charge in [-0.3, -0.25) is 4.79 Å². The molecule has 1 unspecified atom stereocenters. The highest BCUT2D eigenvalue weighted by Crippen LogP contribution is 2.12. The summed E-state index contributed by atoms with van der Waals surface area (Å²) in [4.78, 5) is 11.4. The molecule has 7 heteroatoms. The summed E-state index contributed by atoms with van der Waals surface area (Å²) in [6.45, 7) is 0.414. The summed E-state index contributed by atoms with van der Waals surface area (Å²) in [5.74, 6) is -0.723. The Hall–Kier alpha value is -2.07. The first-order chi connectivity index (χ1) is 9.31. The van der Waals surface area contributed by atoms with Crippen LogP contribution in [0.4, 0.5) is 13.2 Å². The average Bonchev–Trinajstić information content (AvgIpc) is 2.41. The van der Waals surface area contributed by atoms with E-state index in [1.165, 1.54) is 6.92 Å². The van der Waals surface area contributed by atoms with Gasteiger partial charge in [-0.05, 0) is 24.6 Å². The summed E-state index contributed by atoms with van der Waals surface area (Å²) in [5, 5.41) is 13.3. The predicted octanol–water partition coefficient (Wildman–Crippen LogP) is 1.71. The van der Waals surface area contributed by atoms with E-state index in [1.807, 2.05) is 6.07 Å². The van der Waals surface area contributed by atoms with E-state index < -0.39 is 24.7 Å². The fraction of sp³-hybridized carbons (Fsp3) is 0.385. The van der Waals surface area contributed by atoms with Gasteiger partial charge in [0.1, 0.15) is 6.54 Å². The molecular weight excluding hydrogens is 271 g/mol. The lowest BCUT2D eigenvalue weighted by Crippen LogP contribution is -2.44. The smallest absolute Gasteiger partial charge is 0.346 e. The van der Waals surface area contributed by atoms with Crippen LogP contribution in [0, 0.1) is 11.3 Å². The van der Waals surface area contributed by atoms with Crippen LogP contribution in [0.2, 0.25) is 0 Å². The molecule has 4 nitrogen and oxygen atoms in total. The van der Waals surface area contributed by atoms with Crippen LogP contribution in [-0.2, 0) is 11.3 Å². The fourth-order valence-electron chi connectivity index (χ4n) is 1.45. The van der Waals surface area contributed by atoms with Gasteiger partial charge in [-0.1, -0.05) is 12.1 Å². The van der Waals surface area contributed by atoms with Crippen LogP contribution in [-0.4, -0.2) is 24.7 Å². The Kier molecular flexibility index (Phi) is 5.53. The van der Waals surface area contributed by atoms with E-state index in [4.69, 9.17) is 5.26 Å². The van der Waals surface area contributed by atoms with Crippen molar-refractivity contribution in [3.63, 3.8) is 0 Å². The molecule has 0 bridgehead atoms. The van der Waals surface area contributed by atoms with Crippen LogP contribution in [0.15, 0.2) is 24.3 Å². The highest BCUT2D eigenvalue weighted by atomic mass is 19.4. The van der Waals surface area contributed by atoms with E-state index in [2.05, 4.69) is 5.32 Å². The van der Waals surface area contributed by atoms with E-state index >= 15 is 0 Å². The minimum absolute atomic E-state index is 0.288. The normalized spacial score (nSPS) is 12.6. The monoisotopic (exact) mass is 285 g/mol. The van der Waals surface area contributed by atoms with Crippen LogP contribution in [0.25, 0.3) is 0 Å². The maximum absolute atomic E-state index is 11.9. The third kappa shape index (κ3) is 5.71. The molecule has 0 fully saturated rings. The van der Waals surface area contributed by atoms with Crippen molar-refractivity contribution >= 4 is 5.91 Å². The molecule has 1 aromatic carbocycles. The van der Waals surface area contributed by atoms with Crippen LogP contribution in [0.1, 0.15) is 18.1 Å². The summed E-state index contributed by atoms with van der Waals surface area (Å²) >= 11 is 0. The number of carbonyl (C=O) groups excluding carboxylic acids is 1. The standard InChI is InChI=1S/C13H14F3N3O/c1-9(12(20)19-8-13(14,15)16)18-7-11-4-2-3-10(5-11)6-17/h2-5,9,18H,7-8H2,1H3,(H,19,20). The van der Waals surface area contributed by atoms with Crippen molar-refractivity contribution in [3.05, 3.63) is 35.4 Å². The minimum Gasteiger partial charge on any atom is -0.346 e. The molecule has 1 atom stereocenters. The van der Waals surface area contributed by atoms with Gasteiger partial charge in [0.05, 0.1) is 17.7 Å². The maximum atomic E-state index is 11.9. The quantitative estimate of drug-likeness (QED) is 0.865. The van der Waals surface area contributed by atoms with Crippen LogP contribution in [0.3, 0.4) is 0 Å². The zero-order valence-electron chi connectivity index (χ0n) is 10.8. The number of hydrogen-bond acceptors (Lipinski definition) is 3. The summed E-state index contributed by atoms with van der Waals surface area (Å²) in [6, 6.07) is 7.97. The second kappa shape index (κ2) is 6.91. The van der Waals surface area contributed by atoms with Crippen molar-refractivity contribution in [2.24, 2.45) is 0 Å². The molecular formula is C13H14F3N3O. The zero-order valence-corrected chi connectivity index (χ0v) is 10.8. The first-order valence-corrected chi connectivity index (χ1v) is 5.88. The molecule has 0 aliphatic heterocycles. The number of rotatable bonds is 5. The van der Waals surface area contributed by atoms with Gasteiger partial charge in [0.2, 0.25) is 5.91 Å². The first kappa shape index (κ1) is 16.0. The number of hydrogen-bond donors (Lipinski definition) is 2. The number of alkyl halides is 3. The second-order valence-corrected chi connectivity index (χ2v) is 4.25. The molecule has 0 aliphatic carbocycles. The van der Waals surface area contributed by atoms with Gasteiger partial charge >= 0.3 is 6.18 Å². The number of nitriles is 1. The van der Waals surface area contributed by atoms with Gasteiger partial charge in [0.25, 0.3) is 0 Å². The molecule has 20 heavy (non-hydrogen) atoms. The molecule has 2 N–H and O–H groups in total. The SMILES string of the molecule is CC(NCc1cccc(C#N)c1)C(=O)NCC(F)(F)F. The molecule has 0 aromatic heterocycles. The van der Waals surface area contributed by atoms with Gasteiger partial charge in [-0.15, -0.1) is 0 Å². The largest absolute Gasteiger partial charge is 0.405 e. The van der Waals surface area contributed by atoms with E-state index in [9.17, 15) is 18.0 Å². The average molecular weight is 285 g/mol. The van der Waals surface area contributed by atoms with Crippen molar-refractivity contribution in [2.45, 2.75) is 25.7 Å². The Morgan fingerprint density at radius 2 is 2.15 bits per heavy atom. The summed E-state index contributed by atoms with van der Waals surface area (Å²) in [6.07, 6.45) is -4.42. The summed E-state index contributed by atoms with van der Waals surface area (Å²) in [7, 11) is 0. The van der Waals surface area contributed by atoms with Gasteiger partial charge < -0.3 is 10.6 Å². The maximum Gasteiger partial charge on any atom is 0.405 e. The summed E-state index contributed by atoms with van der Waals surface area (Å²) in [5.41, 5.74) is 1.26. The zero-order chi connectivity index (χ0) is 15.2. The number of benzene rings is 1. The van der Waals surface area contributed by atoms with Crippen LogP contribution < -0.4 is 10.6 Å². The number of halogens is 3. The van der Waals surface area contributed by atoms with E-state index in [0.29, 0.717) is 5.56 Å². The Labute approximate surface area is 114 Å². The molecule has 1 amide bonds. The van der Waals surface area contributed by atoms with Gasteiger partial charge in [-0.25, -0.2) is 0 Å². The third-order valence-corrected chi connectivity index (χ3v) is 2.52. The summed E-state index contributed by atoms with van der Waals surface area (Å²) < 4.78 is 35.8. The van der Waals surface area contributed by atoms with Crippen molar-refractivity contribution in [1.29, 1.82) is 5.26 Å². The lowest BCUT2D eigenvalue weighted by atomic mass is 10.1. The Morgan fingerprint density at radius 1 is 1.45 bits per heavy atom. The molecule has 0 saturated carbocycles. The Morgan fingerprint density at radius 3 is 2.75 bits per heavy atom. The number of carbonyl (C=O) groups is 1. The first-order valence-electron chi connectivity index (χ1n) is 5.88. The third-order valence-electron chi connectivity index (χ3n) is 2.52. The molecule has 1 aromatic rings. The number of amides is 1.